The number of carbonyl (C=O) groups is 1. The normalized spacial score (nSPS) is 25.6. The number of ether oxygens (including phenoxy) is 4. The summed E-state index contributed by atoms with van der Waals surface area (Å²) < 4.78 is 22.6. The second-order valence-electron chi connectivity index (χ2n) is 20.4. The average molecular weight is 1070 g/mol. The Hall–Kier alpha value is -3.09. The predicted molar refractivity (Wildman–Crippen MR) is 304 cm³/mol. The molecule has 0 aromatic heterocycles. The second kappa shape index (κ2) is 46.8. The molecule has 0 saturated carbocycles. The van der Waals surface area contributed by atoms with E-state index in [1.165, 1.54) is 51.4 Å². The number of unbranched alkanes of at least 4 members (excludes halogenated alkanes) is 16. The van der Waals surface area contributed by atoms with Crippen molar-refractivity contribution in [2.45, 2.75) is 267 Å². The lowest BCUT2D eigenvalue weighted by Gasteiger charge is -2.46. The van der Waals surface area contributed by atoms with Crippen LogP contribution in [0.15, 0.2) is 97.2 Å². The van der Waals surface area contributed by atoms with E-state index < -0.39 is 86.8 Å². The van der Waals surface area contributed by atoms with Gasteiger partial charge in [-0.05, 0) is 77.0 Å². The minimum atomic E-state index is -1.78. The van der Waals surface area contributed by atoms with Crippen molar-refractivity contribution in [3.8, 4) is 0 Å². The van der Waals surface area contributed by atoms with Crippen LogP contribution in [0.25, 0.3) is 0 Å². The van der Waals surface area contributed by atoms with Gasteiger partial charge >= 0.3 is 0 Å². The lowest BCUT2D eigenvalue weighted by molar-refractivity contribution is -0.359. The van der Waals surface area contributed by atoms with Gasteiger partial charge in [-0.15, -0.1) is 0 Å². The third-order valence-electron chi connectivity index (χ3n) is 13.8. The molecular formula is C62H105NO13. The molecule has 9 N–H and O–H groups in total. The number of aliphatic hydroxyl groups excluding tert-OH is 8. The first kappa shape index (κ1) is 69.0. The van der Waals surface area contributed by atoms with Crippen molar-refractivity contribution in [1.82, 2.24) is 5.32 Å². The molecule has 0 spiro atoms. The van der Waals surface area contributed by atoms with Gasteiger partial charge in [0, 0.05) is 6.42 Å². The van der Waals surface area contributed by atoms with Crippen molar-refractivity contribution >= 4 is 5.91 Å². The maximum Gasteiger partial charge on any atom is 0.220 e. The van der Waals surface area contributed by atoms with Crippen LogP contribution in [0.2, 0.25) is 0 Å². The Morgan fingerprint density at radius 3 is 1.39 bits per heavy atom. The molecule has 2 rings (SSSR count). The van der Waals surface area contributed by atoms with Crippen LogP contribution in [0.1, 0.15) is 194 Å². The molecule has 2 saturated heterocycles. The van der Waals surface area contributed by atoms with Crippen LogP contribution >= 0.6 is 0 Å². The van der Waals surface area contributed by atoms with Crippen LogP contribution in [-0.2, 0) is 23.7 Å². The SMILES string of the molecule is CC/C=C\C/C=C\C/C=C\C/C=C\C/C=C\C/C=C\C/C=C\C/C=C\CCCCCCCCCCCCCCC(=O)NC(COC1OC(CO)C(OC2OC(CO)C(O)C(O)C2O)C(O)C1O)C(O)CCCCCCC. The van der Waals surface area contributed by atoms with Crippen molar-refractivity contribution in [3.05, 3.63) is 97.2 Å². The zero-order valence-electron chi connectivity index (χ0n) is 46.7. The summed E-state index contributed by atoms with van der Waals surface area (Å²) in [5.41, 5.74) is 0. The van der Waals surface area contributed by atoms with E-state index in [1.54, 1.807) is 0 Å². The van der Waals surface area contributed by atoms with Crippen LogP contribution in [-0.4, -0.2) is 140 Å². The summed E-state index contributed by atoms with van der Waals surface area (Å²) in [4.78, 5) is 13.1. The molecule has 0 aliphatic carbocycles. The largest absolute Gasteiger partial charge is 0.394 e. The molecule has 0 radical (unpaired) electrons. The summed E-state index contributed by atoms with van der Waals surface area (Å²) in [6, 6.07) is -0.831. The predicted octanol–water partition coefficient (Wildman–Crippen LogP) is 9.88. The number of aliphatic hydroxyl groups is 8. The standard InChI is InChI=1S/C62H105NO13/c1-3-5-7-9-10-11-12-13-14-15-16-17-18-19-20-21-22-23-24-25-26-27-28-29-30-31-32-33-34-35-36-37-38-39-40-42-44-46-54(67)63-50(51(66)45-43-41-8-6-4-2)49-73-61-59(72)57(70)60(53(48-65)75-61)76-62-58(71)56(69)55(68)52(47-64)74-62/h5,7,10-11,13-14,16-17,19-20,22-23,25-26,28-29,50-53,55-62,64-66,68-72H,3-4,6,8-9,12,15,18,21,24,27,30-49H2,1-2H3,(H,63,67)/b7-5-,11-10-,14-13-,17-16-,20-19-,23-22-,26-25-,29-28-. The zero-order chi connectivity index (χ0) is 55.3. The Morgan fingerprint density at radius 2 is 0.908 bits per heavy atom. The molecule has 1 amide bonds. The third-order valence-corrected chi connectivity index (χ3v) is 13.8. The highest BCUT2D eigenvalue weighted by Crippen LogP contribution is 2.30. The van der Waals surface area contributed by atoms with Crippen molar-refractivity contribution in [2.24, 2.45) is 0 Å². The number of amides is 1. The van der Waals surface area contributed by atoms with Gasteiger partial charge in [0.1, 0.15) is 48.8 Å². The summed E-state index contributed by atoms with van der Waals surface area (Å²) in [5.74, 6) is -0.221. The van der Waals surface area contributed by atoms with Gasteiger partial charge in [-0.25, -0.2) is 0 Å². The first-order valence-electron chi connectivity index (χ1n) is 29.5. The second-order valence-corrected chi connectivity index (χ2v) is 20.4. The Bertz CT molecular complexity index is 1640. The van der Waals surface area contributed by atoms with Gasteiger partial charge in [0.25, 0.3) is 0 Å². The fraction of sp³-hybridized carbons (Fsp3) is 0.726. The highest BCUT2D eigenvalue weighted by molar-refractivity contribution is 5.76. The molecule has 0 aromatic carbocycles. The average Bonchev–Trinajstić information content (AvgIpc) is 3.42. The summed E-state index contributed by atoms with van der Waals surface area (Å²) in [7, 11) is 0. The Balaban J connectivity index is 1.54. The van der Waals surface area contributed by atoms with E-state index >= 15 is 0 Å². The van der Waals surface area contributed by atoms with Gasteiger partial charge in [-0.1, -0.05) is 207 Å². The highest BCUT2D eigenvalue weighted by atomic mass is 16.7. The highest BCUT2D eigenvalue weighted by Gasteiger charge is 2.51. The minimum Gasteiger partial charge on any atom is -0.394 e. The van der Waals surface area contributed by atoms with Gasteiger partial charge < -0.3 is 65.1 Å². The van der Waals surface area contributed by atoms with Crippen LogP contribution in [0.5, 0.6) is 0 Å². The molecule has 436 valence electrons. The fourth-order valence-corrected chi connectivity index (χ4v) is 9.07. The molecule has 12 atom stereocenters. The summed E-state index contributed by atoms with van der Waals surface area (Å²) in [6.45, 7) is 2.62. The van der Waals surface area contributed by atoms with Gasteiger partial charge in [0.05, 0.1) is 32.0 Å². The van der Waals surface area contributed by atoms with Crippen LogP contribution < -0.4 is 5.32 Å². The van der Waals surface area contributed by atoms with E-state index in [2.05, 4.69) is 116 Å². The zero-order valence-corrected chi connectivity index (χ0v) is 46.7. The van der Waals surface area contributed by atoms with Crippen LogP contribution in [0, 0.1) is 0 Å². The third kappa shape index (κ3) is 32.1. The van der Waals surface area contributed by atoms with E-state index in [-0.39, 0.29) is 12.5 Å². The number of allylic oxidation sites excluding steroid dienone is 16. The van der Waals surface area contributed by atoms with Crippen molar-refractivity contribution in [3.63, 3.8) is 0 Å². The van der Waals surface area contributed by atoms with E-state index in [0.717, 1.165) is 109 Å². The van der Waals surface area contributed by atoms with Gasteiger partial charge in [0.2, 0.25) is 5.91 Å². The number of hydrogen-bond acceptors (Lipinski definition) is 13. The number of carbonyl (C=O) groups excluding carboxylic acids is 1. The van der Waals surface area contributed by atoms with Crippen molar-refractivity contribution in [2.75, 3.05) is 19.8 Å². The Kier molecular flexibility index (Phi) is 42.5. The smallest absolute Gasteiger partial charge is 0.220 e. The topological polar surface area (TPSA) is 228 Å². The van der Waals surface area contributed by atoms with E-state index in [4.69, 9.17) is 18.9 Å². The molecule has 2 aliphatic heterocycles. The molecule has 76 heavy (non-hydrogen) atoms. The molecule has 0 aromatic rings. The summed E-state index contributed by atoms with van der Waals surface area (Å²) >= 11 is 0. The molecule has 14 heteroatoms. The maximum atomic E-state index is 13.1. The van der Waals surface area contributed by atoms with Gasteiger partial charge in [-0.3, -0.25) is 4.79 Å². The van der Waals surface area contributed by atoms with Gasteiger partial charge in [-0.2, -0.15) is 0 Å². The lowest BCUT2D eigenvalue weighted by Crippen LogP contribution is -2.65. The van der Waals surface area contributed by atoms with E-state index in [9.17, 15) is 45.6 Å². The summed E-state index contributed by atoms with van der Waals surface area (Å²) in [6.07, 6.45) is 47.8. The molecular weight excluding hydrogens is 967 g/mol. The summed E-state index contributed by atoms with van der Waals surface area (Å²) in [5, 5.41) is 86.5. The number of nitrogens with one attached hydrogen (secondary N) is 1. The molecule has 12 unspecified atom stereocenters. The maximum absolute atomic E-state index is 13.1. The molecule has 2 heterocycles. The number of rotatable bonds is 45. The van der Waals surface area contributed by atoms with Gasteiger partial charge in [0.15, 0.2) is 12.6 Å². The first-order valence-corrected chi connectivity index (χ1v) is 29.5. The van der Waals surface area contributed by atoms with E-state index in [1.807, 2.05) is 0 Å². The minimum absolute atomic E-state index is 0.221. The molecule has 2 fully saturated rings. The number of hydrogen-bond donors (Lipinski definition) is 9. The molecule has 14 nitrogen and oxygen atoms in total. The Morgan fingerprint density at radius 1 is 0.487 bits per heavy atom. The van der Waals surface area contributed by atoms with E-state index in [0.29, 0.717) is 19.3 Å². The van der Waals surface area contributed by atoms with Crippen LogP contribution in [0.3, 0.4) is 0 Å². The molecule has 0 bridgehead atoms. The Labute approximate surface area is 458 Å². The van der Waals surface area contributed by atoms with Crippen molar-refractivity contribution in [1.29, 1.82) is 0 Å². The quantitative estimate of drug-likeness (QED) is 0.0205. The lowest BCUT2D eigenvalue weighted by atomic mass is 9.97. The van der Waals surface area contributed by atoms with Crippen molar-refractivity contribution < 1.29 is 64.6 Å². The first-order chi connectivity index (χ1) is 37.1. The van der Waals surface area contributed by atoms with Crippen LogP contribution in [0.4, 0.5) is 0 Å². The monoisotopic (exact) mass is 1070 g/mol. The fourth-order valence-electron chi connectivity index (χ4n) is 9.07. The molecule has 2 aliphatic rings.